The van der Waals surface area contributed by atoms with E-state index in [0.717, 1.165) is 43.6 Å². The molecular formula is C17H25NO4. The maximum atomic E-state index is 12.5. The van der Waals surface area contributed by atoms with Crippen LogP contribution in [0.3, 0.4) is 0 Å². The summed E-state index contributed by atoms with van der Waals surface area (Å²) in [5.74, 6) is 1.64. The molecule has 1 aromatic rings. The summed E-state index contributed by atoms with van der Waals surface area (Å²) in [5, 5.41) is 10.6. The molecule has 5 heteroatoms. The molecule has 0 radical (unpaired) electrons. The third-order valence-corrected chi connectivity index (χ3v) is 4.76. The summed E-state index contributed by atoms with van der Waals surface area (Å²) in [7, 11) is 0. The van der Waals surface area contributed by atoms with Crippen LogP contribution in [0.4, 0.5) is 0 Å². The van der Waals surface area contributed by atoms with Crippen LogP contribution in [0.15, 0.2) is 16.5 Å². The van der Waals surface area contributed by atoms with Crippen molar-refractivity contribution in [3.8, 4) is 0 Å². The molecule has 1 N–H and O–H groups in total. The van der Waals surface area contributed by atoms with Gasteiger partial charge in [0.1, 0.15) is 17.6 Å². The van der Waals surface area contributed by atoms with Crippen molar-refractivity contribution in [2.24, 2.45) is 0 Å². The molecule has 1 saturated heterocycles. The fourth-order valence-corrected chi connectivity index (χ4v) is 3.45. The Balaban J connectivity index is 1.60. The quantitative estimate of drug-likeness (QED) is 0.932. The molecule has 0 spiro atoms. The van der Waals surface area contributed by atoms with Gasteiger partial charge in [-0.2, -0.15) is 0 Å². The van der Waals surface area contributed by atoms with Gasteiger partial charge in [0.15, 0.2) is 0 Å². The lowest BCUT2D eigenvalue weighted by molar-refractivity contribution is -0.146. The summed E-state index contributed by atoms with van der Waals surface area (Å²) < 4.78 is 11.3. The van der Waals surface area contributed by atoms with E-state index < -0.39 is 5.60 Å². The molecule has 1 amide bonds. The van der Waals surface area contributed by atoms with Gasteiger partial charge in [0.2, 0.25) is 5.91 Å². The molecule has 3 rings (SSSR count). The highest BCUT2D eigenvalue weighted by molar-refractivity contribution is 5.77. The lowest BCUT2D eigenvalue weighted by Gasteiger charge is -2.36. The lowest BCUT2D eigenvalue weighted by Crippen LogP contribution is -2.46. The van der Waals surface area contributed by atoms with E-state index in [4.69, 9.17) is 9.15 Å². The summed E-state index contributed by atoms with van der Waals surface area (Å²) in [6, 6.07) is 3.81. The molecule has 1 aliphatic carbocycles. The van der Waals surface area contributed by atoms with Crippen molar-refractivity contribution in [1.82, 2.24) is 4.90 Å². The number of morpholine rings is 1. The van der Waals surface area contributed by atoms with Crippen LogP contribution in [0.1, 0.15) is 56.1 Å². The topological polar surface area (TPSA) is 62.9 Å². The van der Waals surface area contributed by atoms with Crippen LogP contribution in [0.2, 0.25) is 0 Å². The number of hydrogen-bond donors (Lipinski definition) is 1. The highest BCUT2D eigenvalue weighted by Gasteiger charge is 2.35. The molecular weight excluding hydrogens is 282 g/mol. The van der Waals surface area contributed by atoms with E-state index in [1.54, 1.807) is 4.90 Å². The van der Waals surface area contributed by atoms with E-state index in [9.17, 15) is 9.90 Å². The van der Waals surface area contributed by atoms with Crippen molar-refractivity contribution < 1.29 is 19.1 Å². The molecule has 5 nitrogen and oxygen atoms in total. The lowest BCUT2D eigenvalue weighted by atomic mass is 9.82. The number of hydrogen-bond acceptors (Lipinski definition) is 4. The van der Waals surface area contributed by atoms with E-state index in [1.165, 1.54) is 0 Å². The second-order valence-corrected chi connectivity index (χ2v) is 6.61. The Morgan fingerprint density at radius 3 is 2.82 bits per heavy atom. The van der Waals surface area contributed by atoms with Gasteiger partial charge < -0.3 is 19.2 Å². The van der Waals surface area contributed by atoms with E-state index >= 15 is 0 Å². The first-order valence-corrected chi connectivity index (χ1v) is 8.24. The van der Waals surface area contributed by atoms with Crippen molar-refractivity contribution >= 4 is 5.91 Å². The Kier molecular flexibility index (Phi) is 4.54. The SMILES string of the molecule is Cc1ccc(C2CN(C(=O)CC3(O)CCCCC3)CCO2)o1. The summed E-state index contributed by atoms with van der Waals surface area (Å²) >= 11 is 0. The van der Waals surface area contributed by atoms with E-state index in [1.807, 2.05) is 19.1 Å². The molecule has 1 saturated carbocycles. The van der Waals surface area contributed by atoms with Crippen LogP contribution < -0.4 is 0 Å². The largest absolute Gasteiger partial charge is 0.464 e. The molecule has 22 heavy (non-hydrogen) atoms. The Morgan fingerprint density at radius 1 is 1.36 bits per heavy atom. The van der Waals surface area contributed by atoms with Crippen LogP contribution in [0, 0.1) is 6.92 Å². The normalized spacial score (nSPS) is 25.2. The minimum absolute atomic E-state index is 0.0287. The van der Waals surface area contributed by atoms with Gasteiger partial charge in [0.05, 0.1) is 25.2 Å². The van der Waals surface area contributed by atoms with Crippen molar-refractivity contribution in [3.63, 3.8) is 0 Å². The minimum Gasteiger partial charge on any atom is -0.464 e. The molecule has 1 unspecified atom stereocenters. The molecule has 122 valence electrons. The molecule has 2 heterocycles. The molecule has 1 aromatic heterocycles. The van der Waals surface area contributed by atoms with E-state index in [2.05, 4.69) is 0 Å². The zero-order valence-electron chi connectivity index (χ0n) is 13.2. The van der Waals surface area contributed by atoms with Crippen LogP contribution in [-0.4, -0.2) is 41.2 Å². The number of carbonyl (C=O) groups is 1. The number of nitrogens with zero attached hydrogens (tertiary/aromatic N) is 1. The van der Waals surface area contributed by atoms with Crippen LogP contribution in [0.5, 0.6) is 0 Å². The van der Waals surface area contributed by atoms with Crippen molar-refractivity contribution in [1.29, 1.82) is 0 Å². The van der Waals surface area contributed by atoms with Crippen molar-refractivity contribution in [3.05, 3.63) is 23.7 Å². The first-order valence-electron chi connectivity index (χ1n) is 8.24. The number of aryl methyl sites for hydroxylation is 1. The smallest absolute Gasteiger partial charge is 0.225 e. The van der Waals surface area contributed by atoms with Crippen LogP contribution in [-0.2, 0) is 9.53 Å². The van der Waals surface area contributed by atoms with Gasteiger partial charge in [0.25, 0.3) is 0 Å². The maximum absolute atomic E-state index is 12.5. The van der Waals surface area contributed by atoms with Gasteiger partial charge in [0, 0.05) is 6.54 Å². The minimum atomic E-state index is -0.801. The molecule has 0 bridgehead atoms. The molecule has 2 aliphatic rings. The fraction of sp³-hybridized carbons (Fsp3) is 0.706. The van der Waals surface area contributed by atoms with Gasteiger partial charge in [-0.15, -0.1) is 0 Å². The van der Waals surface area contributed by atoms with E-state index in [-0.39, 0.29) is 18.4 Å². The molecule has 1 atom stereocenters. The number of furan rings is 1. The Hall–Kier alpha value is -1.33. The second-order valence-electron chi connectivity index (χ2n) is 6.61. The Labute approximate surface area is 131 Å². The molecule has 0 aromatic carbocycles. The summed E-state index contributed by atoms with van der Waals surface area (Å²) in [6.45, 7) is 3.50. The number of ether oxygens (including phenoxy) is 1. The Bertz CT molecular complexity index is 518. The van der Waals surface area contributed by atoms with Gasteiger partial charge in [-0.3, -0.25) is 4.79 Å². The molecule has 2 fully saturated rings. The van der Waals surface area contributed by atoms with Crippen molar-refractivity contribution in [2.45, 2.75) is 57.2 Å². The number of rotatable bonds is 3. The predicted octanol–water partition coefficient (Wildman–Crippen LogP) is 2.57. The van der Waals surface area contributed by atoms with Gasteiger partial charge in [-0.05, 0) is 31.9 Å². The first-order chi connectivity index (χ1) is 10.6. The third kappa shape index (κ3) is 3.52. The number of carbonyl (C=O) groups excluding carboxylic acids is 1. The number of aliphatic hydroxyl groups is 1. The van der Waals surface area contributed by atoms with E-state index in [0.29, 0.717) is 19.7 Å². The fourth-order valence-electron chi connectivity index (χ4n) is 3.45. The average Bonchev–Trinajstić information content (AvgIpc) is 2.94. The molecule has 1 aliphatic heterocycles. The van der Waals surface area contributed by atoms with Crippen molar-refractivity contribution in [2.75, 3.05) is 19.7 Å². The number of amides is 1. The Morgan fingerprint density at radius 2 is 2.14 bits per heavy atom. The summed E-state index contributed by atoms with van der Waals surface area (Å²) in [6.07, 6.45) is 4.70. The predicted molar refractivity (Wildman–Crippen MR) is 81.4 cm³/mol. The van der Waals surface area contributed by atoms with Gasteiger partial charge in [-0.1, -0.05) is 19.3 Å². The van der Waals surface area contributed by atoms with Crippen LogP contribution >= 0.6 is 0 Å². The van der Waals surface area contributed by atoms with Crippen LogP contribution in [0.25, 0.3) is 0 Å². The zero-order chi connectivity index (χ0) is 15.6. The maximum Gasteiger partial charge on any atom is 0.225 e. The first kappa shape index (κ1) is 15.6. The monoisotopic (exact) mass is 307 g/mol. The third-order valence-electron chi connectivity index (χ3n) is 4.76. The second kappa shape index (κ2) is 6.42. The highest BCUT2D eigenvalue weighted by atomic mass is 16.5. The van der Waals surface area contributed by atoms with Gasteiger partial charge >= 0.3 is 0 Å². The summed E-state index contributed by atoms with van der Waals surface area (Å²) in [5.41, 5.74) is -0.801. The standard InChI is InChI=1S/C17H25NO4/c1-13-5-6-14(22-13)15-12-18(9-10-21-15)16(19)11-17(20)7-3-2-4-8-17/h5-6,15,20H,2-4,7-12H2,1H3. The van der Waals surface area contributed by atoms with Gasteiger partial charge in [-0.25, -0.2) is 0 Å². The summed E-state index contributed by atoms with van der Waals surface area (Å²) in [4.78, 5) is 14.3. The average molecular weight is 307 g/mol. The zero-order valence-corrected chi connectivity index (χ0v) is 13.2. The highest BCUT2D eigenvalue weighted by Crippen LogP contribution is 2.32.